The Hall–Kier alpha value is -2.01. The van der Waals surface area contributed by atoms with Crippen LogP contribution in [0.1, 0.15) is 15.9 Å². The molecule has 104 valence electrons. The number of ether oxygens (including phenoxy) is 1. The standard InChI is InChI=1S/C15H15BrN2O2/c1-9-3-5-14(12(16)7-9)18-13-6-4-10(17)8-11(13)15(19)20-2/h3-8,18H,17H2,1-2H3. The molecule has 2 rings (SSSR count). The van der Waals surface area contributed by atoms with Crippen LogP contribution >= 0.6 is 15.9 Å². The summed E-state index contributed by atoms with van der Waals surface area (Å²) in [4.78, 5) is 11.8. The van der Waals surface area contributed by atoms with Crippen molar-refractivity contribution in [2.45, 2.75) is 6.92 Å². The molecular weight excluding hydrogens is 320 g/mol. The van der Waals surface area contributed by atoms with Crippen LogP contribution in [0.3, 0.4) is 0 Å². The number of anilines is 3. The van der Waals surface area contributed by atoms with E-state index in [1.165, 1.54) is 7.11 Å². The Labute approximate surface area is 126 Å². The SMILES string of the molecule is COC(=O)c1cc(N)ccc1Nc1ccc(C)cc1Br. The average Bonchev–Trinajstić information content (AvgIpc) is 2.42. The lowest BCUT2D eigenvalue weighted by molar-refractivity contribution is 0.0602. The Bertz CT molecular complexity index is 656. The molecule has 0 fully saturated rings. The van der Waals surface area contributed by atoms with Gasteiger partial charge in [-0.15, -0.1) is 0 Å². The van der Waals surface area contributed by atoms with Crippen LogP contribution in [-0.2, 0) is 4.74 Å². The van der Waals surface area contributed by atoms with E-state index in [-0.39, 0.29) is 0 Å². The molecule has 0 heterocycles. The minimum Gasteiger partial charge on any atom is -0.465 e. The lowest BCUT2D eigenvalue weighted by Crippen LogP contribution is -2.06. The van der Waals surface area contributed by atoms with Gasteiger partial charge in [-0.3, -0.25) is 0 Å². The fourth-order valence-electron chi connectivity index (χ4n) is 1.82. The van der Waals surface area contributed by atoms with Crippen molar-refractivity contribution in [3.63, 3.8) is 0 Å². The molecule has 3 N–H and O–H groups in total. The molecule has 2 aromatic rings. The zero-order chi connectivity index (χ0) is 14.7. The number of methoxy groups -OCH3 is 1. The molecule has 0 aromatic heterocycles. The van der Waals surface area contributed by atoms with Crippen LogP contribution in [-0.4, -0.2) is 13.1 Å². The normalized spacial score (nSPS) is 10.2. The predicted molar refractivity (Wildman–Crippen MR) is 84.4 cm³/mol. The van der Waals surface area contributed by atoms with E-state index in [9.17, 15) is 4.79 Å². The number of aryl methyl sites for hydroxylation is 1. The number of benzene rings is 2. The molecule has 2 aromatic carbocycles. The van der Waals surface area contributed by atoms with E-state index in [4.69, 9.17) is 10.5 Å². The van der Waals surface area contributed by atoms with E-state index < -0.39 is 5.97 Å². The van der Waals surface area contributed by atoms with Gasteiger partial charge in [0.2, 0.25) is 0 Å². The van der Waals surface area contributed by atoms with Gasteiger partial charge in [0, 0.05) is 10.2 Å². The molecule has 20 heavy (non-hydrogen) atoms. The van der Waals surface area contributed by atoms with Gasteiger partial charge in [0.15, 0.2) is 0 Å². The van der Waals surface area contributed by atoms with Crippen molar-refractivity contribution in [2.24, 2.45) is 0 Å². The number of halogens is 1. The quantitative estimate of drug-likeness (QED) is 0.660. The second kappa shape index (κ2) is 5.96. The van der Waals surface area contributed by atoms with Crippen molar-refractivity contribution in [1.29, 1.82) is 0 Å². The third-order valence-corrected chi connectivity index (χ3v) is 3.50. The molecule has 0 saturated heterocycles. The van der Waals surface area contributed by atoms with Crippen molar-refractivity contribution in [3.05, 3.63) is 52.0 Å². The van der Waals surface area contributed by atoms with Gasteiger partial charge >= 0.3 is 5.97 Å². The predicted octanol–water partition coefficient (Wildman–Crippen LogP) is 3.87. The van der Waals surface area contributed by atoms with E-state index in [2.05, 4.69) is 21.2 Å². The van der Waals surface area contributed by atoms with Gasteiger partial charge in [0.05, 0.1) is 24.0 Å². The van der Waals surface area contributed by atoms with Crippen LogP contribution < -0.4 is 11.1 Å². The highest BCUT2D eigenvalue weighted by Gasteiger charge is 2.13. The smallest absolute Gasteiger partial charge is 0.340 e. The van der Waals surface area contributed by atoms with Crippen molar-refractivity contribution in [3.8, 4) is 0 Å². The number of nitrogen functional groups attached to an aromatic ring is 1. The first-order chi connectivity index (χ1) is 9.51. The summed E-state index contributed by atoms with van der Waals surface area (Å²) in [5, 5.41) is 3.21. The van der Waals surface area contributed by atoms with Gasteiger partial charge < -0.3 is 15.8 Å². The van der Waals surface area contributed by atoms with E-state index in [0.29, 0.717) is 16.9 Å². The summed E-state index contributed by atoms with van der Waals surface area (Å²) in [7, 11) is 1.34. The minimum atomic E-state index is -0.428. The van der Waals surface area contributed by atoms with Crippen LogP contribution in [0.2, 0.25) is 0 Å². The zero-order valence-electron chi connectivity index (χ0n) is 11.2. The molecule has 0 aliphatic heterocycles. The maximum atomic E-state index is 11.8. The Kier molecular flexibility index (Phi) is 4.29. The summed E-state index contributed by atoms with van der Waals surface area (Å²) in [6, 6.07) is 11.0. The lowest BCUT2D eigenvalue weighted by atomic mass is 10.1. The van der Waals surface area contributed by atoms with Gasteiger partial charge in [-0.05, 0) is 58.7 Å². The van der Waals surface area contributed by atoms with E-state index in [1.807, 2.05) is 25.1 Å². The summed E-state index contributed by atoms with van der Waals surface area (Å²) in [5.74, 6) is -0.428. The number of rotatable bonds is 3. The number of nitrogens with one attached hydrogen (secondary N) is 1. The van der Waals surface area contributed by atoms with Crippen LogP contribution in [0.15, 0.2) is 40.9 Å². The molecule has 0 radical (unpaired) electrons. The van der Waals surface area contributed by atoms with Crippen LogP contribution in [0.5, 0.6) is 0 Å². The van der Waals surface area contributed by atoms with Crippen molar-refractivity contribution in [1.82, 2.24) is 0 Å². The molecule has 4 nitrogen and oxygen atoms in total. The number of esters is 1. The average molecular weight is 335 g/mol. The first kappa shape index (κ1) is 14.4. The molecule has 0 aliphatic carbocycles. The minimum absolute atomic E-state index is 0.403. The third kappa shape index (κ3) is 3.11. The Morgan fingerprint density at radius 2 is 1.90 bits per heavy atom. The number of nitrogens with two attached hydrogens (primary N) is 1. The number of hydrogen-bond donors (Lipinski definition) is 2. The first-order valence-corrected chi connectivity index (χ1v) is 6.81. The molecule has 0 amide bonds. The van der Waals surface area contributed by atoms with Crippen molar-refractivity contribution in [2.75, 3.05) is 18.2 Å². The molecule has 0 unspecified atom stereocenters. The largest absolute Gasteiger partial charge is 0.465 e. The highest BCUT2D eigenvalue weighted by molar-refractivity contribution is 9.10. The molecule has 0 atom stereocenters. The second-order valence-corrected chi connectivity index (χ2v) is 5.26. The summed E-state index contributed by atoms with van der Waals surface area (Å²) in [5.41, 5.74) is 9.30. The van der Waals surface area contributed by atoms with Crippen molar-refractivity contribution >= 4 is 39.0 Å². The molecule has 5 heteroatoms. The molecule has 0 spiro atoms. The van der Waals surface area contributed by atoms with Crippen LogP contribution in [0, 0.1) is 6.92 Å². The van der Waals surface area contributed by atoms with E-state index >= 15 is 0 Å². The monoisotopic (exact) mass is 334 g/mol. The highest BCUT2D eigenvalue weighted by Crippen LogP contribution is 2.29. The molecule has 0 aliphatic rings. The molecular formula is C15H15BrN2O2. The summed E-state index contributed by atoms with van der Waals surface area (Å²) in [6.07, 6.45) is 0. The van der Waals surface area contributed by atoms with Crippen LogP contribution in [0.4, 0.5) is 17.1 Å². The van der Waals surface area contributed by atoms with Gasteiger partial charge in [-0.25, -0.2) is 4.79 Å². The summed E-state index contributed by atoms with van der Waals surface area (Å²) in [6.45, 7) is 2.01. The Morgan fingerprint density at radius 1 is 1.20 bits per heavy atom. The zero-order valence-corrected chi connectivity index (χ0v) is 12.8. The van der Waals surface area contributed by atoms with Gasteiger partial charge in [-0.2, -0.15) is 0 Å². The second-order valence-electron chi connectivity index (χ2n) is 4.40. The summed E-state index contributed by atoms with van der Waals surface area (Å²) >= 11 is 3.49. The number of hydrogen-bond acceptors (Lipinski definition) is 4. The number of carbonyl (C=O) groups excluding carboxylic acids is 1. The fourth-order valence-corrected chi connectivity index (χ4v) is 2.41. The van der Waals surface area contributed by atoms with Gasteiger partial charge in [-0.1, -0.05) is 6.07 Å². The Balaban J connectivity index is 2.40. The van der Waals surface area contributed by atoms with Crippen LogP contribution in [0.25, 0.3) is 0 Å². The Morgan fingerprint density at radius 3 is 2.55 bits per heavy atom. The van der Waals surface area contributed by atoms with Crippen molar-refractivity contribution < 1.29 is 9.53 Å². The van der Waals surface area contributed by atoms with Gasteiger partial charge in [0.1, 0.15) is 0 Å². The highest BCUT2D eigenvalue weighted by atomic mass is 79.9. The lowest BCUT2D eigenvalue weighted by Gasteiger charge is -2.13. The maximum absolute atomic E-state index is 11.8. The molecule has 0 bridgehead atoms. The summed E-state index contributed by atoms with van der Waals surface area (Å²) < 4.78 is 5.69. The van der Waals surface area contributed by atoms with E-state index in [1.54, 1.807) is 18.2 Å². The topological polar surface area (TPSA) is 64.3 Å². The number of carbonyl (C=O) groups is 1. The molecule has 0 saturated carbocycles. The first-order valence-electron chi connectivity index (χ1n) is 6.02. The van der Waals surface area contributed by atoms with E-state index in [0.717, 1.165) is 15.7 Å². The van der Waals surface area contributed by atoms with Gasteiger partial charge in [0.25, 0.3) is 0 Å². The fraction of sp³-hybridized carbons (Fsp3) is 0.133. The maximum Gasteiger partial charge on any atom is 0.340 e. The third-order valence-electron chi connectivity index (χ3n) is 2.84.